The molecule has 4 heteroatoms. The molecule has 0 spiro atoms. The Bertz CT molecular complexity index is 531. The summed E-state index contributed by atoms with van der Waals surface area (Å²) in [6, 6.07) is 13.7. The van der Waals surface area contributed by atoms with Gasteiger partial charge in [-0.3, -0.25) is 0 Å². The Kier molecular flexibility index (Phi) is 3.97. The molecule has 2 aromatic carbocycles. The summed E-state index contributed by atoms with van der Waals surface area (Å²) in [4.78, 5) is 2.13. The highest BCUT2D eigenvalue weighted by Crippen LogP contribution is 2.37. The summed E-state index contributed by atoms with van der Waals surface area (Å²) in [5.74, 6) is 0.814. The Morgan fingerprint density at radius 1 is 1.12 bits per heavy atom. The predicted octanol–water partition coefficient (Wildman–Crippen LogP) is 4.19. The van der Waals surface area contributed by atoms with Crippen molar-refractivity contribution in [3.63, 3.8) is 0 Å². The average Bonchev–Trinajstić information content (AvgIpc) is 2.35. The minimum atomic E-state index is 0.756. The first-order valence-corrected chi connectivity index (χ1v) is 6.67. The van der Waals surface area contributed by atoms with Crippen LogP contribution in [-0.2, 0) is 0 Å². The van der Waals surface area contributed by atoms with Crippen molar-refractivity contribution in [2.75, 3.05) is 12.8 Å². The third-order valence-corrected chi connectivity index (χ3v) is 4.38. The Labute approximate surface area is 113 Å². The van der Waals surface area contributed by atoms with E-state index in [0.29, 0.717) is 0 Å². The molecule has 0 heterocycles. The number of methoxy groups -OCH3 is 1. The van der Waals surface area contributed by atoms with Crippen molar-refractivity contribution < 1.29 is 4.74 Å². The normalized spacial score (nSPS) is 10.2. The van der Waals surface area contributed by atoms with Crippen LogP contribution in [0.3, 0.4) is 0 Å². The maximum atomic E-state index is 5.95. The molecule has 0 bridgehead atoms. The van der Waals surface area contributed by atoms with Crippen molar-refractivity contribution in [3.05, 3.63) is 46.9 Å². The summed E-state index contributed by atoms with van der Waals surface area (Å²) in [5, 5.41) is 0. The van der Waals surface area contributed by atoms with Crippen LogP contribution in [-0.4, -0.2) is 7.11 Å². The van der Waals surface area contributed by atoms with Crippen LogP contribution in [0.5, 0.6) is 5.75 Å². The van der Waals surface area contributed by atoms with Gasteiger partial charge in [0.2, 0.25) is 0 Å². The van der Waals surface area contributed by atoms with Crippen molar-refractivity contribution in [1.82, 2.24) is 0 Å². The van der Waals surface area contributed by atoms with Gasteiger partial charge in [-0.1, -0.05) is 23.9 Å². The van der Waals surface area contributed by atoms with E-state index in [0.717, 1.165) is 25.7 Å². The molecule has 17 heavy (non-hydrogen) atoms. The zero-order valence-electron chi connectivity index (χ0n) is 9.31. The van der Waals surface area contributed by atoms with E-state index in [4.69, 9.17) is 10.5 Å². The van der Waals surface area contributed by atoms with Gasteiger partial charge >= 0.3 is 0 Å². The van der Waals surface area contributed by atoms with E-state index in [1.165, 1.54) is 0 Å². The zero-order valence-corrected chi connectivity index (χ0v) is 11.7. The second kappa shape index (κ2) is 5.47. The molecular weight excluding hydrogens is 298 g/mol. The minimum Gasteiger partial charge on any atom is -0.497 e. The molecule has 88 valence electrons. The second-order valence-corrected chi connectivity index (χ2v) is 5.37. The molecule has 0 aliphatic rings. The van der Waals surface area contributed by atoms with E-state index in [1.54, 1.807) is 18.9 Å². The van der Waals surface area contributed by atoms with Crippen LogP contribution in [0.2, 0.25) is 0 Å². The number of benzene rings is 2. The standard InChI is InChI=1S/C13H12BrNOS/c1-16-9-6-7-11(15)13(8-9)17-12-5-3-2-4-10(12)14/h2-8H,15H2,1H3. The molecule has 0 unspecified atom stereocenters. The SMILES string of the molecule is COc1ccc(N)c(Sc2ccccc2Br)c1. The average molecular weight is 310 g/mol. The van der Waals surface area contributed by atoms with E-state index in [-0.39, 0.29) is 0 Å². The summed E-state index contributed by atoms with van der Waals surface area (Å²) in [6.45, 7) is 0. The number of hydrogen-bond donors (Lipinski definition) is 1. The molecule has 0 radical (unpaired) electrons. The van der Waals surface area contributed by atoms with E-state index < -0.39 is 0 Å². The number of halogens is 1. The third kappa shape index (κ3) is 2.96. The number of hydrogen-bond acceptors (Lipinski definition) is 3. The first-order chi connectivity index (χ1) is 8.20. The predicted molar refractivity (Wildman–Crippen MR) is 75.7 cm³/mol. The number of ether oxygens (including phenoxy) is 1. The number of anilines is 1. The van der Waals surface area contributed by atoms with Gasteiger partial charge in [0, 0.05) is 20.0 Å². The molecule has 0 amide bonds. The molecule has 0 atom stereocenters. The quantitative estimate of drug-likeness (QED) is 0.863. The number of rotatable bonds is 3. The fraction of sp³-hybridized carbons (Fsp3) is 0.0769. The largest absolute Gasteiger partial charge is 0.497 e. The van der Waals surface area contributed by atoms with Gasteiger partial charge in [0.05, 0.1) is 7.11 Å². The van der Waals surface area contributed by atoms with Crippen LogP contribution < -0.4 is 10.5 Å². The molecule has 0 fully saturated rings. The number of nitrogen functional groups attached to an aromatic ring is 1. The molecule has 0 aromatic heterocycles. The first kappa shape index (κ1) is 12.3. The highest BCUT2D eigenvalue weighted by atomic mass is 79.9. The van der Waals surface area contributed by atoms with Crippen molar-refractivity contribution >= 4 is 33.4 Å². The molecular formula is C13H12BrNOS. The molecule has 2 rings (SSSR count). The summed E-state index contributed by atoms with van der Waals surface area (Å²) in [6.07, 6.45) is 0. The van der Waals surface area contributed by atoms with Gasteiger partial charge in [-0.05, 0) is 46.3 Å². The molecule has 0 aliphatic heterocycles. The van der Waals surface area contributed by atoms with Crippen LogP contribution in [0.1, 0.15) is 0 Å². The fourth-order valence-corrected chi connectivity index (χ4v) is 2.81. The Hall–Kier alpha value is -1.13. The Morgan fingerprint density at radius 3 is 2.59 bits per heavy atom. The van der Waals surface area contributed by atoms with Gasteiger partial charge in [0.25, 0.3) is 0 Å². The van der Waals surface area contributed by atoms with Crippen LogP contribution in [0, 0.1) is 0 Å². The first-order valence-electron chi connectivity index (χ1n) is 5.06. The molecule has 2 nitrogen and oxygen atoms in total. The molecule has 0 aliphatic carbocycles. The topological polar surface area (TPSA) is 35.2 Å². The summed E-state index contributed by atoms with van der Waals surface area (Å²) in [7, 11) is 1.65. The Morgan fingerprint density at radius 2 is 1.88 bits per heavy atom. The van der Waals surface area contributed by atoms with Gasteiger partial charge in [0.15, 0.2) is 0 Å². The lowest BCUT2D eigenvalue weighted by molar-refractivity contribution is 0.414. The summed E-state index contributed by atoms with van der Waals surface area (Å²) < 4.78 is 6.26. The molecule has 0 saturated heterocycles. The van der Waals surface area contributed by atoms with Crippen molar-refractivity contribution in [2.24, 2.45) is 0 Å². The van der Waals surface area contributed by atoms with Gasteiger partial charge in [0.1, 0.15) is 5.75 Å². The third-order valence-electron chi connectivity index (χ3n) is 2.28. The molecule has 2 N–H and O–H groups in total. The molecule has 0 saturated carbocycles. The van der Waals surface area contributed by atoms with E-state index in [1.807, 2.05) is 42.5 Å². The lowest BCUT2D eigenvalue weighted by Gasteiger charge is -2.08. The zero-order chi connectivity index (χ0) is 12.3. The highest BCUT2D eigenvalue weighted by Gasteiger charge is 2.06. The maximum Gasteiger partial charge on any atom is 0.120 e. The van der Waals surface area contributed by atoms with Gasteiger partial charge < -0.3 is 10.5 Å². The second-order valence-electron chi connectivity index (χ2n) is 3.44. The number of nitrogens with two attached hydrogens (primary N) is 1. The van der Waals surface area contributed by atoms with E-state index in [2.05, 4.69) is 15.9 Å². The van der Waals surface area contributed by atoms with E-state index in [9.17, 15) is 0 Å². The van der Waals surface area contributed by atoms with Gasteiger partial charge in [-0.15, -0.1) is 0 Å². The van der Waals surface area contributed by atoms with E-state index >= 15 is 0 Å². The van der Waals surface area contributed by atoms with Crippen molar-refractivity contribution in [1.29, 1.82) is 0 Å². The summed E-state index contributed by atoms with van der Waals surface area (Å²) >= 11 is 5.14. The maximum absolute atomic E-state index is 5.95. The summed E-state index contributed by atoms with van der Waals surface area (Å²) in [5.41, 5.74) is 6.71. The van der Waals surface area contributed by atoms with Crippen LogP contribution in [0.25, 0.3) is 0 Å². The van der Waals surface area contributed by atoms with Gasteiger partial charge in [-0.25, -0.2) is 0 Å². The fourth-order valence-electron chi connectivity index (χ4n) is 1.38. The smallest absolute Gasteiger partial charge is 0.120 e. The van der Waals surface area contributed by atoms with Crippen molar-refractivity contribution in [3.8, 4) is 5.75 Å². The van der Waals surface area contributed by atoms with Crippen LogP contribution in [0.15, 0.2) is 56.7 Å². The molecule has 2 aromatic rings. The van der Waals surface area contributed by atoms with Crippen molar-refractivity contribution in [2.45, 2.75) is 9.79 Å². The lowest BCUT2D eigenvalue weighted by Crippen LogP contribution is -1.90. The Balaban J connectivity index is 2.32. The van der Waals surface area contributed by atoms with Gasteiger partial charge in [-0.2, -0.15) is 0 Å². The lowest BCUT2D eigenvalue weighted by atomic mass is 10.3. The monoisotopic (exact) mass is 309 g/mol. The highest BCUT2D eigenvalue weighted by molar-refractivity contribution is 9.10. The van der Waals surface area contributed by atoms with Crippen LogP contribution in [0.4, 0.5) is 5.69 Å². The minimum absolute atomic E-state index is 0.756. The van der Waals surface area contributed by atoms with Crippen LogP contribution >= 0.6 is 27.7 Å².